The van der Waals surface area contributed by atoms with Gasteiger partial charge in [0.15, 0.2) is 0 Å². The summed E-state index contributed by atoms with van der Waals surface area (Å²) in [6.07, 6.45) is 4.74. The van der Waals surface area contributed by atoms with Crippen molar-refractivity contribution in [1.82, 2.24) is 9.55 Å². The van der Waals surface area contributed by atoms with E-state index in [0.717, 1.165) is 29.7 Å². The van der Waals surface area contributed by atoms with E-state index in [2.05, 4.69) is 23.4 Å². The summed E-state index contributed by atoms with van der Waals surface area (Å²) in [6.45, 7) is 6.65. The summed E-state index contributed by atoms with van der Waals surface area (Å²) in [7, 11) is 0. The van der Waals surface area contributed by atoms with Gasteiger partial charge < -0.3 is 9.67 Å². The van der Waals surface area contributed by atoms with E-state index in [0.29, 0.717) is 17.0 Å². The van der Waals surface area contributed by atoms with Crippen LogP contribution in [0, 0.1) is 12.3 Å². The van der Waals surface area contributed by atoms with Crippen LogP contribution in [-0.2, 0) is 0 Å². The predicted molar refractivity (Wildman–Crippen MR) is 82.7 cm³/mol. The van der Waals surface area contributed by atoms with Crippen molar-refractivity contribution in [2.75, 3.05) is 0 Å². The molecular formula is C17H22N2O2. The molecule has 1 heterocycles. The maximum Gasteiger partial charge on any atom is 0.335 e. The molecule has 0 aliphatic heterocycles. The highest BCUT2D eigenvalue weighted by Crippen LogP contribution is 2.42. The van der Waals surface area contributed by atoms with Gasteiger partial charge in [-0.1, -0.05) is 20.3 Å². The first kappa shape index (κ1) is 14.1. The minimum atomic E-state index is -0.883. The number of carbonyl (C=O) groups is 1. The summed E-state index contributed by atoms with van der Waals surface area (Å²) >= 11 is 0. The highest BCUT2D eigenvalue weighted by atomic mass is 16.4. The van der Waals surface area contributed by atoms with Crippen LogP contribution in [0.5, 0.6) is 0 Å². The van der Waals surface area contributed by atoms with Crippen LogP contribution in [-0.4, -0.2) is 20.6 Å². The van der Waals surface area contributed by atoms with E-state index in [1.54, 1.807) is 12.1 Å². The second-order valence-electron chi connectivity index (χ2n) is 6.95. The highest BCUT2D eigenvalue weighted by Gasteiger charge is 2.30. The predicted octanol–water partition coefficient (Wildman–Crippen LogP) is 4.18. The van der Waals surface area contributed by atoms with Gasteiger partial charge in [-0.15, -0.1) is 0 Å². The molecule has 4 heteroatoms. The van der Waals surface area contributed by atoms with Crippen LogP contribution in [0.3, 0.4) is 0 Å². The average molecular weight is 286 g/mol. The van der Waals surface area contributed by atoms with E-state index in [1.807, 2.05) is 13.0 Å². The lowest BCUT2D eigenvalue weighted by atomic mass is 9.75. The lowest BCUT2D eigenvalue weighted by molar-refractivity contribution is 0.0697. The van der Waals surface area contributed by atoms with E-state index in [-0.39, 0.29) is 0 Å². The Morgan fingerprint density at radius 2 is 2.19 bits per heavy atom. The zero-order chi connectivity index (χ0) is 15.2. The van der Waals surface area contributed by atoms with Crippen LogP contribution in [0.2, 0.25) is 0 Å². The first-order chi connectivity index (χ1) is 9.87. The zero-order valence-electron chi connectivity index (χ0n) is 12.9. The molecule has 1 saturated carbocycles. The Morgan fingerprint density at radius 3 is 2.86 bits per heavy atom. The van der Waals surface area contributed by atoms with Crippen LogP contribution in [0.15, 0.2) is 18.2 Å². The van der Waals surface area contributed by atoms with Gasteiger partial charge in [-0.05, 0) is 49.8 Å². The van der Waals surface area contributed by atoms with Crippen LogP contribution in [0.4, 0.5) is 0 Å². The largest absolute Gasteiger partial charge is 0.478 e. The number of benzene rings is 1. The number of carboxylic acids is 1. The number of hydrogen-bond acceptors (Lipinski definition) is 2. The van der Waals surface area contributed by atoms with E-state index in [1.165, 1.54) is 12.8 Å². The average Bonchev–Trinajstić information content (AvgIpc) is 2.72. The number of fused-ring (bicyclic) bond motifs is 1. The molecule has 1 atom stereocenters. The minimum Gasteiger partial charge on any atom is -0.478 e. The molecule has 21 heavy (non-hydrogen) atoms. The van der Waals surface area contributed by atoms with Crippen molar-refractivity contribution >= 4 is 17.0 Å². The topological polar surface area (TPSA) is 55.1 Å². The molecule has 1 aromatic carbocycles. The van der Waals surface area contributed by atoms with Crippen LogP contribution in [0.25, 0.3) is 11.0 Å². The SMILES string of the molecule is Cc1nc2ccc(C(=O)O)cc2n1C1CCCC(C)(C)C1. The van der Waals surface area contributed by atoms with E-state index in [4.69, 9.17) is 0 Å². The number of aryl methyl sites for hydroxylation is 1. The van der Waals surface area contributed by atoms with Gasteiger partial charge in [0.1, 0.15) is 5.82 Å². The standard InChI is InChI=1S/C17H22N2O2/c1-11-18-14-7-6-12(16(20)21)9-15(14)19(11)13-5-4-8-17(2,3)10-13/h6-7,9,13H,4-5,8,10H2,1-3H3,(H,20,21). The summed E-state index contributed by atoms with van der Waals surface area (Å²) in [5, 5.41) is 9.21. The number of carboxylic acid groups (broad SMARTS) is 1. The fourth-order valence-electron chi connectivity index (χ4n) is 3.69. The molecule has 0 amide bonds. The molecule has 2 aromatic rings. The molecule has 1 N–H and O–H groups in total. The van der Waals surface area contributed by atoms with Gasteiger partial charge in [0.25, 0.3) is 0 Å². The fraction of sp³-hybridized carbons (Fsp3) is 0.529. The first-order valence-corrected chi connectivity index (χ1v) is 7.59. The number of aromatic carboxylic acids is 1. The number of imidazole rings is 1. The van der Waals surface area contributed by atoms with Gasteiger partial charge in [0, 0.05) is 6.04 Å². The third-order valence-corrected chi connectivity index (χ3v) is 4.66. The van der Waals surface area contributed by atoms with Gasteiger partial charge >= 0.3 is 5.97 Å². The minimum absolute atomic E-state index is 0.332. The molecule has 0 bridgehead atoms. The molecule has 0 saturated heterocycles. The third kappa shape index (κ3) is 2.55. The molecule has 3 rings (SSSR count). The van der Waals surface area contributed by atoms with Crippen molar-refractivity contribution in [3.8, 4) is 0 Å². The molecule has 0 spiro atoms. The Morgan fingerprint density at radius 1 is 1.43 bits per heavy atom. The van der Waals surface area contributed by atoms with Gasteiger partial charge in [0.2, 0.25) is 0 Å². The second-order valence-corrected chi connectivity index (χ2v) is 6.95. The molecule has 112 valence electrons. The molecule has 4 nitrogen and oxygen atoms in total. The number of aromatic nitrogens is 2. The first-order valence-electron chi connectivity index (χ1n) is 7.59. The molecule has 1 aromatic heterocycles. The summed E-state index contributed by atoms with van der Waals surface area (Å²) in [4.78, 5) is 15.8. The summed E-state index contributed by atoms with van der Waals surface area (Å²) < 4.78 is 2.25. The lowest BCUT2D eigenvalue weighted by Crippen LogP contribution is -2.25. The molecule has 1 fully saturated rings. The molecule has 1 aliphatic rings. The van der Waals surface area contributed by atoms with Crippen LogP contribution in [0.1, 0.15) is 61.8 Å². The van der Waals surface area contributed by atoms with E-state index < -0.39 is 5.97 Å². The van der Waals surface area contributed by atoms with Crippen molar-refractivity contribution in [3.63, 3.8) is 0 Å². The normalized spacial score (nSPS) is 21.6. The van der Waals surface area contributed by atoms with Crippen LogP contribution >= 0.6 is 0 Å². The zero-order valence-corrected chi connectivity index (χ0v) is 12.9. The van der Waals surface area contributed by atoms with Crippen molar-refractivity contribution in [2.45, 2.75) is 52.5 Å². The lowest BCUT2D eigenvalue weighted by Gasteiger charge is -2.36. The highest BCUT2D eigenvalue weighted by molar-refractivity contribution is 5.92. The van der Waals surface area contributed by atoms with Crippen molar-refractivity contribution in [3.05, 3.63) is 29.6 Å². The Balaban J connectivity index is 2.10. The fourth-order valence-corrected chi connectivity index (χ4v) is 3.69. The Labute approximate surface area is 124 Å². The van der Waals surface area contributed by atoms with Gasteiger partial charge in [0.05, 0.1) is 16.6 Å². The van der Waals surface area contributed by atoms with Crippen molar-refractivity contribution in [1.29, 1.82) is 0 Å². The quantitative estimate of drug-likeness (QED) is 0.900. The Bertz CT molecular complexity index is 700. The summed E-state index contributed by atoms with van der Waals surface area (Å²) in [6, 6.07) is 5.63. The van der Waals surface area contributed by atoms with Crippen molar-refractivity contribution < 1.29 is 9.90 Å². The number of hydrogen-bond donors (Lipinski definition) is 1. The summed E-state index contributed by atoms with van der Waals surface area (Å²) in [5.74, 6) is 0.0986. The van der Waals surface area contributed by atoms with E-state index in [9.17, 15) is 9.90 Å². The van der Waals surface area contributed by atoms with Crippen molar-refractivity contribution in [2.24, 2.45) is 5.41 Å². The van der Waals surface area contributed by atoms with Gasteiger partial charge in [-0.2, -0.15) is 0 Å². The smallest absolute Gasteiger partial charge is 0.335 e. The Hall–Kier alpha value is -1.84. The number of nitrogens with zero attached hydrogens (tertiary/aromatic N) is 2. The molecule has 0 radical (unpaired) electrons. The third-order valence-electron chi connectivity index (χ3n) is 4.66. The second kappa shape index (κ2) is 4.86. The number of rotatable bonds is 2. The monoisotopic (exact) mass is 286 g/mol. The maximum absolute atomic E-state index is 11.2. The molecule has 1 aliphatic carbocycles. The maximum atomic E-state index is 11.2. The molecular weight excluding hydrogens is 264 g/mol. The van der Waals surface area contributed by atoms with Crippen LogP contribution < -0.4 is 0 Å². The summed E-state index contributed by atoms with van der Waals surface area (Å²) in [5.41, 5.74) is 2.52. The van der Waals surface area contributed by atoms with Gasteiger partial charge in [-0.25, -0.2) is 9.78 Å². The Kier molecular flexibility index (Phi) is 3.27. The van der Waals surface area contributed by atoms with E-state index >= 15 is 0 Å². The molecule has 1 unspecified atom stereocenters. The van der Waals surface area contributed by atoms with Gasteiger partial charge in [-0.3, -0.25) is 0 Å².